The molecule has 0 fully saturated rings. The standard InChI is InChI=1S/C12H23NO3S/c1-3-4-5-6-10(9-12(15)16)17-8-7-11(14)13-2/h10H,3-9H2,1-2H3,(H,13,14)(H,15,16). The van der Waals surface area contributed by atoms with Gasteiger partial charge in [-0.2, -0.15) is 11.8 Å². The second kappa shape index (κ2) is 10.4. The van der Waals surface area contributed by atoms with Crippen LogP contribution < -0.4 is 5.32 Å². The molecule has 0 heterocycles. The lowest BCUT2D eigenvalue weighted by Crippen LogP contribution is -2.19. The number of carbonyl (C=O) groups is 2. The maximum Gasteiger partial charge on any atom is 0.304 e. The van der Waals surface area contributed by atoms with E-state index >= 15 is 0 Å². The van der Waals surface area contributed by atoms with Crippen LogP contribution in [0.4, 0.5) is 0 Å². The summed E-state index contributed by atoms with van der Waals surface area (Å²) in [6.07, 6.45) is 4.95. The zero-order valence-electron chi connectivity index (χ0n) is 10.7. The van der Waals surface area contributed by atoms with Gasteiger partial charge in [0.15, 0.2) is 0 Å². The van der Waals surface area contributed by atoms with Crippen molar-refractivity contribution in [1.82, 2.24) is 5.32 Å². The van der Waals surface area contributed by atoms with Crippen LogP contribution in [-0.2, 0) is 9.59 Å². The van der Waals surface area contributed by atoms with E-state index in [1.165, 1.54) is 0 Å². The molecule has 0 rings (SSSR count). The first-order valence-corrected chi connectivity index (χ1v) is 7.19. The third-order valence-corrected chi connectivity index (χ3v) is 3.81. The highest BCUT2D eigenvalue weighted by atomic mass is 32.2. The van der Waals surface area contributed by atoms with Gasteiger partial charge in [0.2, 0.25) is 5.91 Å². The molecular weight excluding hydrogens is 238 g/mol. The van der Waals surface area contributed by atoms with Crippen LogP contribution in [0.2, 0.25) is 0 Å². The predicted octanol–water partition coefficient (Wildman–Crippen LogP) is 2.28. The molecule has 2 N–H and O–H groups in total. The number of carbonyl (C=O) groups excluding carboxylic acids is 1. The summed E-state index contributed by atoms with van der Waals surface area (Å²) in [5.74, 6) is -0.0388. The molecule has 0 aliphatic rings. The molecule has 0 aromatic rings. The van der Waals surface area contributed by atoms with Gasteiger partial charge in [-0.15, -0.1) is 0 Å². The van der Waals surface area contributed by atoms with Crippen LogP contribution in [-0.4, -0.2) is 35.0 Å². The van der Waals surface area contributed by atoms with E-state index in [1.54, 1.807) is 18.8 Å². The van der Waals surface area contributed by atoms with Crippen LogP contribution in [0.1, 0.15) is 45.4 Å². The fourth-order valence-electron chi connectivity index (χ4n) is 1.50. The predicted molar refractivity (Wildman–Crippen MR) is 71.3 cm³/mol. The van der Waals surface area contributed by atoms with Crippen molar-refractivity contribution in [1.29, 1.82) is 0 Å². The molecule has 0 radical (unpaired) electrons. The number of carboxylic acid groups (broad SMARTS) is 1. The lowest BCUT2D eigenvalue weighted by atomic mass is 10.1. The SMILES string of the molecule is CCCCCC(CC(=O)O)SCCC(=O)NC. The highest BCUT2D eigenvalue weighted by molar-refractivity contribution is 7.99. The van der Waals surface area contributed by atoms with Gasteiger partial charge >= 0.3 is 5.97 Å². The first kappa shape index (κ1) is 16.3. The summed E-state index contributed by atoms with van der Waals surface area (Å²) < 4.78 is 0. The number of aliphatic carboxylic acids is 1. The summed E-state index contributed by atoms with van der Waals surface area (Å²) in [6.45, 7) is 2.13. The fraction of sp³-hybridized carbons (Fsp3) is 0.833. The first-order chi connectivity index (χ1) is 8.10. The Morgan fingerprint density at radius 3 is 2.59 bits per heavy atom. The summed E-state index contributed by atoms with van der Waals surface area (Å²) in [6, 6.07) is 0. The van der Waals surface area contributed by atoms with E-state index in [-0.39, 0.29) is 17.6 Å². The fourth-order valence-corrected chi connectivity index (χ4v) is 2.73. The molecule has 0 aromatic heterocycles. The number of rotatable bonds is 10. The smallest absolute Gasteiger partial charge is 0.304 e. The molecule has 17 heavy (non-hydrogen) atoms. The van der Waals surface area contributed by atoms with Crippen molar-refractivity contribution in [2.24, 2.45) is 0 Å². The molecule has 100 valence electrons. The van der Waals surface area contributed by atoms with E-state index in [2.05, 4.69) is 12.2 Å². The van der Waals surface area contributed by atoms with Crippen LogP contribution >= 0.6 is 11.8 Å². The maximum atomic E-state index is 11.0. The van der Waals surface area contributed by atoms with E-state index < -0.39 is 5.97 Å². The molecule has 1 atom stereocenters. The van der Waals surface area contributed by atoms with Crippen molar-refractivity contribution < 1.29 is 14.7 Å². The maximum absolute atomic E-state index is 11.0. The summed E-state index contributed by atoms with van der Waals surface area (Å²) in [7, 11) is 1.61. The minimum absolute atomic E-state index is 0.0140. The third kappa shape index (κ3) is 10.2. The number of hydrogen-bond donors (Lipinski definition) is 2. The van der Waals surface area contributed by atoms with E-state index in [4.69, 9.17) is 5.11 Å². The zero-order valence-corrected chi connectivity index (χ0v) is 11.5. The Bertz CT molecular complexity index is 234. The monoisotopic (exact) mass is 261 g/mol. The van der Waals surface area contributed by atoms with Gasteiger partial charge in [-0.1, -0.05) is 26.2 Å². The minimum atomic E-state index is -0.751. The lowest BCUT2D eigenvalue weighted by molar-refractivity contribution is -0.137. The van der Waals surface area contributed by atoms with Crippen LogP contribution in [0.15, 0.2) is 0 Å². The van der Waals surface area contributed by atoms with E-state index in [0.29, 0.717) is 12.2 Å². The lowest BCUT2D eigenvalue weighted by Gasteiger charge is -2.13. The van der Waals surface area contributed by atoms with Crippen molar-refractivity contribution in [2.45, 2.75) is 50.7 Å². The number of hydrogen-bond acceptors (Lipinski definition) is 3. The second-order valence-corrected chi connectivity index (χ2v) is 5.42. The largest absolute Gasteiger partial charge is 0.481 e. The highest BCUT2D eigenvalue weighted by Crippen LogP contribution is 2.22. The molecule has 0 saturated heterocycles. The number of amides is 1. The van der Waals surface area contributed by atoms with Gasteiger partial charge < -0.3 is 10.4 Å². The molecule has 5 heteroatoms. The van der Waals surface area contributed by atoms with E-state index in [1.807, 2.05) is 0 Å². The number of nitrogens with one attached hydrogen (secondary N) is 1. The molecular formula is C12H23NO3S. The Hall–Kier alpha value is -0.710. The van der Waals surface area contributed by atoms with E-state index in [9.17, 15) is 9.59 Å². The van der Waals surface area contributed by atoms with Crippen molar-refractivity contribution in [3.8, 4) is 0 Å². The van der Waals surface area contributed by atoms with Crippen LogP contribution in [0.3, 0.4) is 0 Å². The second-order valence-electron chi connectivity index (χ2n) is 4.01. The Morgan fingerprint density at radius 2 is 2.06 bits per heavy atom. The van der Waals surface area contributed by atoms with Crippen molar-refractivity contribution in [3.63, 3.8) is 0 Å². The summed E-state index contributed by atoms with van der Waals surface area (Å²) >= 11 is 1.60. The Morgan fingerprint density at radius 1 is 1.35 bits per heavy atom. The number of carboxylic acids is 1. The average molecular weight is 261 g/mol. The molecule has 1 amide bonds. The first-order valence-electron chi connectivity index (χ1n) is 6.14. The Labute approximate surface area is 108 Å². The van der Waals surface area contributed by atoms with Crippen molar-refractivity contribution in [2.75, 3.05) is 12.8 Å². The molecule has 1 unspecified atom stereocenters. The molecule has 0 aliphatic carbocycles. The quantitative estimate of drug-likeness (QED) is 0.592. The van der Waals surface area contributed by atoms with Gasteiger partial charge in [-0.05, 0) is 6.42 Å². The Kier molecular flexibility index (Phi) is 10.0. The summed E-state index contributed by atoms with van der Waals surface area (Å²) in [4.78, 5) is 21.7. The Balaban J connectivity index is 3.83. The zero-order chi connectivity index (χ0) is 13.1. The number of unbranched alkanes of at least 4 members (excludes halogenated alkanes) is 2. The van der Waals surface area contributed by atoms with Gasteiger partial charge in [-0.3, -0.25) is 9.59 Å². The molecule has 4 nitrogen and oxygen atoms in total. The normalized spacial score (nSPS) is 12.1. The minimum Gasteiger partial charge on any atom is -0.481 e. The topological polar surface area (TPSA) is 66.4 Å². The van der Waals surface area contributed by atoms with Crippen LogP contribution in [0.25, 0.3) is 0 Å². The van der Waals surface area contributed by atoms with Gasteiger partial charge in [0.05, 0.1) is 6.42 Å². The molecule has 0 spiro atoms. The molecule has 0 aliphatic heterocycles. The average Bonchev–Trinajstić information content (AvgIpc) is 2.28. The summed E-state index contributed by atoms with van der Waals surface area (Å²) in [5.41, 5.74) is 0. The van der Waals surface area contributed by atoms with Gasteiger partial charge in [-0.25, -0.2) is 0 Å². The van der Waals surface area contributed by atoms with Gasteiger partial charge in [0, 0.05) is 24.5 Å². The van der Waals surface area contributed by atoms with Gasteiger partial charge in [0.1, 0.15) is 0 Å². The van der Waals surface area contributed by atoms with Crippen LogP contribution in [0.5, 0.6) is 0 Å². The molecule has 0 bridgehead atoms. The highest BCUT2D eigenvalue weighted by Gasteiger charge is 2.13. The number of thioether (sulfide) groups is 1. The molecule has 0 saturated carbocycles. The van der Waals surface area contributed by atoms with E-state index in [0.717, 1.165) is 25.7 Å². The van der Waals surface area contributed by atoms with Crippen molar-refractivity contribution in [3.05, 3.63) is 0 Å². The van der Waals surface area contributed by atoms with Gasteiger partial charge in [0.25, 0.3) is 0 Å². The van der Waals surface area contributed by atoms with Crippen molar-refractivity contribution >= 4 is 23.6 Å². The molecule has 0 aromatic carbocycles. The third-order valence-electron chi connectivity index (χ3n) is 2.49. The summed E-state index contributed by atoms with van der Waals surface area (Å²) in [5, 5.41) is 11.5. The van der Waals surface area contributed by atoms with Crippen LogP contribution in [0, 0.1) is 0 Å².